The molecule has 1 heterocycles. The number of hydrogen-bond donors (Lipinski definition) is 2. The molecule has 7 nitrogen and oxygen atoms in total. The maximum atomic E-state index is 12.2. The highest BCUT2D eigenvalue weighted by atomic mass is 32.2. The third kappa shape index (κ3) is 4.05. The standard InChI is InChI=1S/C15H17N3O4S/c1-10(13-7-8-17-9-14(13)22-2)18-15(19)11-3-5-12(6-4-11)23(16,20)21/h3-10H,1-2H3,(H,18,19)(H2,16,20,21). The smallest absolute Gasteiger partial charge is 0.251 e. The number of rotatable bonds is 5. The van der Waals surface area contributed by atoms with Gasteiger partial charge in [0.05, 0.1) is 24.2 Å². The molecule has 0 aliphatic rings. The Labute approximate surface area is 134 Å². The molecule has 1 atom stereocenters. The number of nitrogens with zero attached hydrogens (tertiary/aromatic N) is 1. The van der Waals surface area contributed by atoms with Crippen molar-refractivity contribution in [3.63, 3.8) is 0 Å². The Balaban J connectivity index is 2.15. The first-order valence-electron chi connectivity index (χ1n) is 6.74. The van der Waals surface area contributed by atoms with E-state index in [4.69, 9.17) is 9.88 Å². The third-order valence-electron chi connectivity index (χ3n) is 3.30. The number of hydrogen-bond acceptors (Lipinski definition) is 5. The lowest BCUT2D eigenvalue weighted by Gasteiger charge is -2.17. The zero-order chi connectivity index (χ0) is 17.0. The van der Waals surface area contributed by atoms with Crippen LogP contribution in [0.5, 0.6) is 5.75 Å². The Hall–Kier alpha value is -2.45. The highest BCUT2D eigenvalue weighted by Crippen LogP contribution is 2.23. The first kappa shape index (κ1) is 16.9. The molecular formula is C15H17N3O4S. The maximum Gasteiger partial charge on any atom is 0.251 e. The predicted molar refractivity (Wildman–Crippen MR) is 84.5 cm³/mol. The van der Waals surface area contributed by atoms with Crippen molar-refractivity contribution in [3.8, 4) is 5.75 Å². The molecule has 3 N–H and O–H groups in total. The van der Waals surface area contributed by atoms with E-state index in [1.54, 1.807) is 18.5 Å². The lowest BCUT2D eigenvalue weighted by molar-refractivity contribution is 0.0939. The number of pyridine rings is 1. The van der Waals surface area contributed by atoms with Crippen molar-refractivity contribution in [2.45, 2.75) is 17.9 Å². The van der Waals surface area contributed by atoms with Gasteiger partial charge in [0.15, 0.2) is 0 Å². The van der Waals surface area contributed by atoms with Gasteiger partial charge >= 0.3 is 0 Å². The summed E-state index contributed by atoms with van der Waals surface area (Å²) >= 11 is 0. The van der Waals surface area contributed by atoms with Gasteiger partial charge in [-0.2, -0.15) is 0 Å². The van der Waals surface area contributed by atoms with Crippen molar-refractivity contribution < 1.29 is 17.9 Å². The molecule has 1 aromatic carbocycles. The summed E-state index contributed by atoms with van der Waals surface area (Å²) < 4.78 is 27.6. The van der Waals surface area contributed by atoms with Crippen LogP contribution in [-0.2, 0) is 10.0 Å². The number of nitrogens with two attached hydrogens (primary N) is 1. The zero-order valence-electron chi connectivity index (χ0n) is 12.7. The fourth-order valence-corrected chi connectivity index (χ4v) is 2.59. The second-order valence-corrected chi connectivity index (χ2v) is 6.44. The van der Waals surface area contributed by atoms with E-state index in [0.717, 1.165) is 5.56 Å². The summed E-state index contributed by atoms with van der Waals surface area (Å²) in [6, 6.07) is 6.85. The van der Waals surface area contributed by atoms with Crippen LogP contribution in [-0.4, -0.2) is 26.4 Å². The van der Waals surface area contributed by atoms with Gasteiger partial charge in [-0.15, -0.1) is 0 Å². The number of primary sulfonamides is 1. The number of methoxy groups -OCH3 is 1. The van der Waals surface area contributed by atoms with E-state index in [2.05, 4.69) is 10.3 Å². The van der Waals surface area contributed by atoms with Gasteiger partial charge in [0.2, 0.25) is 10.0 Å². The average molecular weight is 335 g/mol. The predicted octanol–water partition coefficient (Wildman–Crippen LogP) is 1.23. The van der Waals surface area contributed by atoms with Gasteiger partial charge in [0, 0.05) is 17.3 Å². The molecule has 0 spiro atoms. The Kier molecular flexibility index (Phi) is 4.97. The van der Waals surface area contributed by atoms with Gasteiger partial charge in [-0.25, -0.2) is 13.6 Å². The molecule has 0 saturated carbocycles. The average Bonchev–Trinajstić information content (AvgIpc) is 2.54. The minimum atomic E-state index is -3.78. The number of aromatic nitrogens is 1. The fraction of sp³-hybridized carbons (Fsp3) is 0.200. The molecule has 2 rings (SSSR count). The van der Waals surface area contributed by atoms with Gasteiger partial charge in [0.1, 0.15) is 5.75 Å². The molecule has 0 radical (unpaired) electrons. The van der Waals surface area contributed by atoms with E-state index in [9.17, 15) is 13.2 Å². The Morgan fingerprint density at radius 2 is 1.91 bits per heavy atom. The summed E-state index contributed by atoms with van der Waals surface area (Å²) in [5.41, 5.74) is 1.12. The van der Waals surface area contributed by atoms with Gasteiger partial charge < -0.3 is 10.1 Å². The van der Waals surface area contributed by atoms with Crippen LogP contribution < -0.4 is 15.2 Å². The summed E-state index contributed by atoms with van der Waals surface area (Å²) in [6.45, 7) is 1.81. The van der Waals surface area contributed by atoms with Crippen molar-refractivity contribution in [2.75, 3.05) is 7.11 Å². The molecule has 0 bridgehead atoms. The van der Waals surface area contributed by atoms with E-state index in [0.29, 0.717) is 11.3 Å². The first-order chi connectivity index (χ1) is 10.8. The van der Waals surface area contributed by atoms with Crippen LogP contribution in [0.25, 0.3) is 0 Å². The van der Waals surface area contributed by atoms with Crippen LogP contribution in [0.15, 0.2) is 47.6 Å². The van der Waals surface area contributed by atoms with E-state index >= 15 is 0 Å². The quantitative estimate of drug-likeness (QED) is 0.853. The van der Waals surface area contributed by atoms with Gasteiger partial charge in [0.25, 0.3) is 5.91 Å². The molecule has 0 fully saturated rings. The van der Waals surface area contributed by atoms with Crippen LogP contribution in [0.4, 0.5) is 0 Å². The molecule has 2 aromatic rings. The lowest BCUT2D eigenvalue weighted by Crippen LogP contribution is -2.27. The number of sulfonamides is 1. The van der Waals surface area contributed by atoms with Crippen LogP contribution in [0.2, 0.25) is 0 Å². The molecule has 0 aliphatic carbocycles. The molecule has 122 valence electrons. The van der Waals surface area contributed by atoms with Crippen LogP contribution in [0.3, 0.4) is 0 Å². The van der Waals surface area contributed by atoms with Gasteiger partial charge in [-0.05, 0) is 37.3 Å². The fourth-order valence-electron chi connectivity index (χ4n) is 2.07. The second kappa shape index (κ2) is 6.76. The minimum absolute atomic E-state index is 0.0436. The van der Waals surface area contributed by atoms with Gasteiger partial charge in [-0.3, -0.25) is 9.78 Å². The van der Waals surface area contributed by atoms with Crippen molar-refractivity contribution in [1.82, 2.24) is 10.3 Å². The first-order valence-corrected chi connectivity index (χ1v) is 8.29. The number of nitrogens with one attached hydrogen (secondary N) is 1. The SMILES string of the molecule is COc1cnccc1C(C)NC(=O)c1ccc(S(N)(=O)=O)cc1. The largest absolute Gasteiger partial charge is 0.495 e. The van der Waals surface area contributed by atoms with E-state index in [1.165, 1.54) is 31.4 Å². The van der Waals surface area contributed by atoms with Crippen molar-refractivity contribution in [3.05, 3.63) is 53.9 Å². The number of benzene rings is 1. The summed E-state index contributed by atoms with van der Waals surface area (Å²) in [7, 11) is -2.25. The van der Waals surface area contributed by atoms with Crippen LogP contribution in [0.1, 0.15) is 28.9 Å². The lowest BCUT2D eigenvalue weighted by atomic mass is 10.1. The maximum absolute atomic E-state index is 12.2. The summed E-state index contributed by atoms with van der Waals surface area (Å²) in [6.07, 6.45) is 3.18. The van der Waals surface area contributed by atoms with E-state index < -0.39 is 10.0 Å². The van der Waals surface area contributed by atoms with Crippen LogP contribution >= 0.6 is 0 Å². The number of amides is 1. The molecule has 23 heavy (non-hydrogen) atoms. The molecule has 8 heteroatoms. The number of ether oxygens (including phenoxy) is 1. The monoisotopic (exact) mass is 335 g/mol. The summed E-state index contributed by atoms with van der Waals surface area (Å²) in [5, 5.41) is 7.84. The van der Waals surface area contributed by atoms with Crippen molar-refractivity contribution in [1.29, 1.82) is 0 Å². The zero-order valence-corrected chi connectivity index (χ0v) is 13.5. The number of carbonyl (C=O) groups is 1. The Bertz CT molecular complexity index is 804. The molecule has 1 amide bonds. The van der Waals surface area contributed by atoms with Crippen LogP contribution in [0, 0.1) is 0 Å². The highest BCUT2D eigenvalue weighted by molar-refractivity contribution is 7.89. The molecule has 0 saturated heterocycles. The van der Waals surface area contributed by atoms with E-state index in [1.807, 2.05) is 6.92 Å². The van der Waals surface area contributed by atoms with E-state index in [-0.39, 0.29) is 16.8 Å². The Morgan fingerprint density at radius 1 is 1.26 bits per heavy atom. The Morgan fingerprint density at radius 3 is 2.48 bits per heavy atom. The molecule has 1 aromatic heterocycles. The highest BCUT2D eigenvalue weighted by Gasteiger charge is 2.16. The van der Waals surface area contributed by atoms with Crippen molar-refractivity contribution in [2.24, 2.45) is 5.14 Å². The van der Waals surface area contributed by atoms with Crippen molar-refractivity contribution >= 4 is 15.9 Å². The second-order valence-electron chi connectivity index (χ2n) is 4.88. The van der Waals surface area contributed by atoms with Gasteiger partial charge in [-0.1, -0.05) is 0 Å². The number of carbonyl (C=O) groups excluding carboxylic acids is 1. The normalized spacial score (nSPS) is 12.5. The summed E-state index contributed by atoms with van der Waals surface area (Å²) in [4.78, 5) is 16.2. The topological polar surface area (TPSA) is 111 Å². The molecule has 0 aliphatic heterocycles. The molecular weight excluding hydrogens is 318 g/mol. The summed E-state index contributed by atoms with van der Waals surface area (Å²) in [5.74, 6) is 0.238. The third-order valence-corrected chi connectivity index (χ3v) is 4.22. The molecule has 1 unspecified atom stereocenters. The minimum Gasteiger partial charge on any atom is -0.495 e.